The highest BCUT2D eigenvalue weighted by Gasteiger charge is 2.41. The van der Waals surface area contributed by atoms with Crippen LogP contribution in [0.2, 0.25) is 0 Å². The molecule has 5 rings (SSSR count). The number of oxazole rings is 1. The van der Waals surface area contributed by atoms with E-state index >= 15 is 0 Å². The van der Waals surface area contributed by atoms with Crippen LogP contribution in [0.15, 0.2) is 53.5 Å². The third-order valence-corrected chi connectivity index (χ3v) is 6.14. The molecular formula is C23H20F3N5O3. The first-order chi connectivity index (χ1) is 16.3. The average Bonchev–Trinajstić information content (AvgIpc) is 3.48. The topological polar surface area (TPSA) is 100 Å². The van der Waals surface area contributed by atoms with Gasteiger partial charge >= 0.3 is 12.2 Å². The molecule has 1 fully saturated rings. The lowest BCUT2D eigenvalue weighted by molar-refractivity contribution is -0.123. The Morgan fingerprint density at radius 2 is 2.03 bits per heavy atom. The predicted molar refractivity (Wildman–Crippen MR) is 116 cm³/mol. The molecule has 1 unspecified atom stereocenters. The third-order valence-electron chi connectivity index (χ3n) is 6.14. The molecule has 8 nitrogen and oxygen atoms in total. The quantitative estimate of drug-likeness (QED) is 0.574. The fraction of sp³-hybridized carbons (Fsp3) is 0.304. The number of benzene rings is 1. The number of anilines is 2. The summed E-state index contributed by atoms with van der Waals surface area (Å²) in [4.78, 5) is 35.3. The molecule has 1 aliphatic carbocycles. The van der Waals surface area contributed by atoms with Gasteiger partial charge in [-0.15, -0.1) is 0 Å². The van der Waals surface area contributed by atoms with Gasteiger partial charge in [-0.2, -0.15) is 13.2 Å². The maximum atomic E-state index is 13.3. The van der Waals surface area contributed by atoms with Crippen LogP contribution >= 0.6 is 0 Å². The smallest absolute Gasteiger partial charge is 0.405 e. The Bertz CT molecular complexity index is 1230. The van der Waals surface area contributed by atoms with Crippen LogP contribution in [0.1, 0.15) is 41.1 Å². The number of carbonyl (C=O) groups is 2. The van der Waals surface area contributed by atoms with Crippen molar-refractivity contribution in [2.45, 2.75) is 37.4 Å². The Kier molecular flexibility index (Phi) is 5.46. The van der Waals surface area contributed by atoms with Crippen LogP contribution in [0.25, 0.3) is 11.3 Å². The van der Waals surface area contributed by atoms with Crippen molar-refractivity contribution in [1.29, 1.82) is 0 Å². The summed E-state index contributed by atoms with van der Waals surface area (Å²) in [6.45, 7) is -1.43. The molecule has 2 N–H and O–H groups in total. The number of rotatable bonds is 4. The number of halogens is 3. The van der Waals surface area contributed by atoms with Crippen LogP contribution < -0.4 is 15.5 Å². The van der Waals surface area contributed by atoms with Gasteiger partial charge in [0.25, 0.3) is 5.91 Å². The molecule has 2 aromatic heterocycles. The zero-order valence-electron chi connectivity index (χ0n) is 17.8. The fourth-order valence-corrected chi connectivity index (χ4v) is 4.65. The van der Waals surface area contributed by atoms with E-state index in [2.05, 4.69) is 15.3 Å². The highest BCUT2D eigenvalue weighted by atomic mass is 19.4. The minimum Gasteiger partial charge on any atom is -0.444 e. The molecule has 0 spiro atoms. The van der Waals surface area contributed by atoms with Crippen LogP contribution in [0.4, 0.5) is 29.5 Å². The molecule has 2 aliphatic rings. The largest absolute Gasteiger partial charge is 0.444 e. The van der Waals surface area contributed by atoms with Gasteiger partial charge in [-0.1, -0.05) is 6.07 Å². The van der Waals surface area contributed by atoms with Crippen LogP contribution in [-0.4, -0.2) is 40.7 Å². The lowest BCUT2D eigenvalue weighted by atomic mass is 9.90. The Morgan fingerprint density at radius 3 is 2.79 bits per heavy atom. The van der Waals surface area contributed by atoms with E-state index in [0.29, 0.717) is 22.8 Å². The van der Waals surface area contributed by atoms with E-state index in [1.54, 1.807) is 29.3 Å². The SMILES string of the molecule is O=C(NCC(F)(F)F)c1ccc2c(c1)N(C(=O)Nc1cc(-c3cnco3)ccn1)[C@H]1CCC2C1. The Morgan fingerprint density at radius 1 is 1.18 bits per heavy atom. The molecule has 0 radical (unpaired) electrons. The summed E-state index contributed by atoms with van der Waals surface area (Å²) in [5, 5.41) is 4.68. The van der Waals surface area contributed by atoms with Crippen molar-refractivity contribution in [1.82, 2.24) is 15.3 Å². The molecule has 2 atom stereocenters. The second-order valence-electron chi connectivity index (χ2n) is 8.33. The molecule has 1 aliphatic heterocycles. The zero-order valence-corrected chi connectivity index (χ0v) is 17.8. The summed E-state index contributed by atoms with van der Waals surface area (Å²) in [5.74, 6) is 0.220. The Hall–Kier alpha value is -3.89. The standard InChI is InChI=1S/C23H20F3N5O3/c24-23(25,26)11-29-21(32)15-2-4-17-13-1-3-16(7-13)31(18(17)8-15)22(33)30-20-9-14(5-6-28-20)19-10-27-12-34-19/h2,4-6,8-10,12-13,16H,1,3,7,11H2,(H,29,32)(H,28,30,33)/t13?,16-/m0/s1. The number of nitrogens with zero attached hydrogens (tertiary/aromatic N) is 3. The van der Waals surface area contributed by atoms with Crippen LogP contribution in [0.5, 0.6) is 0 Å². The van der Waals surface area contributed by atoms with Crippen molar-refractivity contribution in [3.63, 3.8) is 0 Å². The molecule has 3 heterocycles. The number of aromatic nitrogens is 2. The summed E-state index contributed by atoms with van der Waals surface area (Å²) in [7, 11) is 0. The maximum absolute atomic E-state index is 13.3. The fourth-order valence-electron chi connectivity index (χ4n) is 4.65. The van der Waals surface area contributed by atoms with Crippen molar-refractivity contribution in [3.05, 3.63) is 60.2 Å². The van der Waals surface area contributed by atoms with Crippen LogP contribution in [0.3, 0.4) is 0 Å². The van der Waals surface area contributed by atoms with Gasteiger partial charge in [-0.05, 0) is 55.0 Å². The van der Waals surface area contributed by atoms with Gasteiger partial charge in [0, 0.05) is 23.4 Å². The summed E-state index contributed by atoms with van der Waals surface area (Å²) >= 11 is 0. The first kappa shape index (κ1) is 21.9. The number of urea groups is 1. The minimum absolute atomic E-state index is 0.0625. The first-order valence-electron chi connectivity index (χ1n) is 10.7. The van der Waals surface area contributed by atoms with E-state index < -0.39 is 24.7 Å². The molecule has 34 heavy (non-hydrogen) atoms. The number of hydrogen-bond acceptors (Lipinski definition) is 5. The van der Waals surface area contributed by atoms with Crippen LogP contribution in [-0.2, 0) is 0 Å². The number of pyridine rings is 1. The maximum Gasteiger partial charge on any atom is 0.405 e. The second-order valence-corrected chi connectivity index (χ2v) is 8.33. The number of hydrogen-bond donors (Lipinski definition) is 2. The van der Waals surface area contributed by atoms with Gasteiger partial charge in [0.05, 0.1) is 11.9 Å². The molecule has 0 saturated heterocycles. The number of carbonyl (C=O) groups excluding carboxylic acids is 2. The van der Waals surface area contributed by atoms with Crippen molar-refractivity contribution in [3.8, 4) is 11.3 Å². The zero-order chi connectivity index (χ0) is 23.9. The van der Waals surface area contributed by atoms with Gasteiger partial charge in [0.1, 0.15) is 12.4 Å². The summed E-state index contributed by atoms with van der Waals surface area (Å²) in [6, 6.07) is 7.59. The molecule has 1 saturated carbocycles. The van der Waals surface area contributed by atoms with Gasteiger partial charge in [0.2, 0.25) is 0 Å². The lowest BCUT2D eigenvalue weighted by Gasteiger charge is -2.35. The minimum atomic E-state index is -4.51. The van der Waals surface area contributed by atoms with E-state index in [0.717, 1.165) is 24.8 Å². The van der Waals surface area contributed by atoms with Crippen molar-refractivity contribution in [2.75, 3.05) is 16.8 Å². The van der Waals surface area contributed by atoms with E-state index in [1.165, 1.54) is 24.7 Å². The van der Waals surface area contributed by atoms with E-state index in [1.807, 2.05) is 5.32 Å². The highest BCUT2D eigenvalue weighted by molar-refractivity contribution is 6.04. The van der Waals surface area contributed by atoms with Crippen molar-refractivity contribution < 1.29 is 27.2 Å². The summed E-state index contributed by atoms with van der Waals surface area (Å²) in [6.07, 6.45) is 2.33. The van der Waals surface area contributed by atoms with Gasteiger partial charge in [0.15, 0.2) is 12.2 Å². The van der Waals surface area contributed by atoms with Gasteiger partial charge < -0.3 is 9.73 Å². The molecular weight excluding hydrogens is 451 g/mol. The van der Waals surface area contributed by atoms with Crippen molar-refractivity contribution in [2.24, 2.45) is 0 Å². The molecule has 2 bridgehead atoms. The van der Waals surface area contributed by atoms with E-state index in [9.17, 15) is 22.8 Å². The summed E-state index contributed by atoms with van der Waals surface area (Å²) in [5.41, 5.74) is 2.18. The predicted octanol–water partition coefficient (Wildman–Crippen LogP) is 4.72. The van der Waals surface area contributed by atoms with Gasteiger partial charge in [-0.3, -0.25) is 15.0 Å². The number of fused-ring (bicyclic) bond motifs is 4. The molecule has 1 aromatic carbocycles. The summed E-state index contributed by atoms with van der Waals surface area (Å²) < 4.78 is 42.8. The number of alkyl halides is 3. The molecule has 3 aromatic rings. The number of amides is 3. The third kappa shape index (κ3) is 4.33. The van der Waals surface area contributed by atoms with Gasteiger partial charge in [-0.25, -0.2) is 14.8 Å². The second kappa shape index (κ2) is 8.47. The number of nitrogens with one attached hydrogen (secondary N) is 2. The van der Waals surface area contributed by atoms with E-state index in [4.69, 9.17) is 4.42 Å². The molecule has 11 heteroatoms. The lowest BCUT2D eigenvalue weighted by Crippen LogP contribution is -2.44. The monoisotopic (exact) mass is 471 g/mol. The van der Waals surface area contributed by atoms with Crippen molar-refractivity contribution >= 4 is 23.4 Å². The average molecular weight is 471 g/mol. The first-order valence-corrected chi connectivity index (χ1v) is 10.7. The normalized spacial score (nSPS) is 19.0. The highest BCUT2D eigenvalue weighted by Crippen LogP contribution is 2.47. The Balaban J connectivity index is 1.41. The molecule has 176 valence electrons. The van der Waals surface area contributed by atoms with Crippen LogP contribution in [0, 0.1) is 0 Å². The van der Waals surface area contributed by atoms with E-state index in [-0.39, 0.29) is 17.5 Å². The molecule has 3 amide bonds. The Labute approximate surface area is 192 Å².